The molecule has 0 radical (unpaired) electrons. The van der Waals surface area contributed by atoms with Gasteiger partial charge in [-0.05, 0) is 19.1 Å². The summed E-state index contributed by atoms with van der Waals surface area (Å²) >= 11 is 0. The van der Waals surface area contributed by atoms with Crippen molar-refractivity contribution in [2.45, 2.75) is 13.5 Å². The Labute approximate surface area is 160 Å². The highest BCUT2D eigenvalue weighted by Crippen LogP contribution is 2.22. The van der Waals surface area contributed by atoms with Crippen LogP contribution in [0.2, 0.25) is 0 Å². The van der Waals surface area contributed by atoms with Gasteiger partial charge in [0.25, 0.3) is 0 Å². The van der Waals surface area contributed by atoms with Gasteiger partial charge in [-0.15, -0.1) is 0 Å². The number of hydrogen-bond donors (Lipinski definition) is 0. The van der Waals surface area contributed by atoms with Crippen molar-refractivity contribution in [3.63, 3.8) is 0 Å². The van der Waals surface area contributed by atoms with Crippen molar-refractivity contribution in [3.05, 3.63) is 40.9 Å². The Hall–Kier alpha value is -3.36. The summed E-state index contributed by atoms with van der Waals surface area (Å²) in [6.45, 7) is 3.81. The summed E-state index contributed by atoms with van der Waals surface area (Å²) < 4.78 is 11.8. The number of aromatic nitrogens is 2. The van der Waals surface area contributed by atoms with Gasteiger partial charge in [-0.25, -0.2) is 9.59 Å². The summed E-state index contributed by atoms with van der Waals surface area (Å²) in [7, 11) is 0. The zero-order valence-corrected chi connectivity index (χ0v) is 15.5. The monoisotopic (exact) mass is 384 g/mol. The Kier molecular flexibility index (Phi) is 4.72. The molecule has 2 amide bonds. The molecule has 9 heteroatoms. The Morgan fingerprint density at radius 3 is 2.57 bits per heavy atom. The lowest BCUT2D eigenvalue weighted by molar-refractivity contribution is -0.133. The Bertz CT molecular complexity index is 1090. The average Bonchev–Trinajstić information content (AvgIpc) is 3.13. The van der Waals surface area contributed by atoms with Crippen LogP contribution in [0.1, 0.15) is 6.92 Å². The lowest BCUT2D eigenvalue weighted by Gasteiger charge is -2.34. The van der Waals surface area contributed by atoms with Crippen LogP contribution in [0.5, 0.6) is 0 Å². The zero-order chi connectivity index (χ0) is 19.7. The quantitative estimate of drug-likeness (QED) is 0.634. The number of amides is 2. The van der Waals surface area contributed by atoms with Crippen molar-refractivity contribution in [3.8, 4) is 0 Å². The second-order valence-corrected chi connectivity index (χ2v) is 6.52. The third kappa shape index (κ3) is 3.19. The van der Waals surface area contributed by atoms with E-state index in [1.165, 1.54) is 10.9 Å². The number of rotatable bonds is 3. The van der Waals surface area contributed by atoms with Crippen molar-refractivity contribution < 1.29 is 18.7 Å². The topological polar surface area (TPSA) is 97.9 Å². The molecule has 0 saturated carbocycles. The van der Waals surface area contributed by atoms with Crippen LogP contribution in [0.15, 0.2) is 39.7 Å². The molecule has 1 aromatic carbocycles. The van der Waals surface area contributed by atoms with Gasteiger partial charge in [0.15, 0.2) is 0 Å². The van der Waals surface area contributed by atoms with Crippen LogP contribution in [0, 0.1) is 0 Å². The first-order chi connectivity index (χ1) is 13.6. The van der Waals surface area contributed by atoms with E-state index in [0.29, 0.717) is 49.3 Å². The van der Waals surface area contributed by atoms with E-state index in [0.717, 1.165) is 5.39 Å². The fourth-order valence-corrected chi connectivity index (χ4v) is 3.43. The first-order valence-electron chi connectivity index (χ1n) is 9.15. The molecule has 4 rings (SSSR count). The lowest BCUT2D eigenvalue weighted by atomic mass is 10.2. The predicted octanol–water partition coefficient (Wildman–Crippen LogP) is 1.44. The molecule has 3 heterocycles. The lowest BCUT2D eigenvalue weighted by Crippen LogP contribution is -2.51. The van der Waals surface area contributed by atoms with Crippen LogP contribution in [-0.4, -0.2) is 64.4 Å². The third-order valence-electron chi connectivity index (χ3n) is 4.85. The second kappa shape index (κ2) is 7.34. The van der Waals surface area contributed by atoms with Crippen LogP contribution >= 0.6 is 0 Å². The summed E-state index contributed by atoms with van der Waals surface area (Å²) in [5.74, 6) is -0.120. The first-order valence-corrected chi connectivity index (χ1v) is 9.15. The van der Waals surface area contributed by atoms with Crippen molar-refractivity contribution in [2.75, 3.05) is 32.8 Å². The Balaban J connectivity index is 1.54. The molecule has 1 saturated heterocycles. The normalized spacial score (nSPS) is 14.6. The van der Waals surface area contributed by atoms with Gasteiger partial charge < -0.3 is 19.0 Å². The van der Waals surface area contributed by atoms with Crippen LogP contribution in [0.3, 0.4) is 0 Å². The zero-order valence-electron chi connectivity index (χ0n) is 15.5. The number of nitrogens with zero attached hydrogens (tertiary/aromatic N) is 4. The summed E-state index contributed by atoms with van der Waals surface area (Å²) in [4.78, 5) is 40.0. The standard InChI is InChI=1S/C19H20N4O5/c1-2-27-19(26)22-9-7-21(8-10-22)16(24)12-23-17-13-5-3-4-6-15(13)28-18(25)14(17)11-20-23/h3-6,11H,2,7-10,12H2,1H3. The number of fused-ring (bicyclic) bond motifs is 3. The Morgan fingerprint density at radius 2 is 1.82 bits per heavy atom. The van der Waals surface area contributed by atoms with Crippen LogP contribution in [0.4, 0.5) is 4.79 Å². The predicted molar refractivity (Wildman–Crippen MR) is 101 cm³/mol. The van der Waals surface area contributed by atoms with Crippen molar-refractivity contribution >= 4 is 33.9 Å². The molecule has 2 aromatic heterocycles. The van der Waals surface area contributed by atoms with Gasteiger partial charge in [-0.1, -0.05) is 12.1 Å². The third-order valence-corrected chi connectivity index (χ3v) is 4.85. The van der Waals surface area contributed by atoms with Crippen molar-refractivity contribution in [1.29, 1.82) is 0 Å². The molecule has 0 aliphatic carbocycles. The summed E-state index contributed by atoms with van der Waals surface area (Å²) in [5, 5.41) is 5.31. The number of carbonyl (C=O) groups excluding carboxylic acids is 2. The molecule has 0 unspecified atom stereocenters. The second-order valence-electron chi connectivity index (χ2n) is 6.52. The molecule has 28 heavy (non-hydrogen) atoms. The maximum absolute atomic E-state index is 12.8. The van der Waals surface area contributed by atoms with Gasteiger partial charge in [0.05, 0.1) is 18.3 Å². The minimum absolute atomic E-state index is 0.0103. The fourth-order valence-electron chi connectivity index (χ4n) is 3.43. The van der Waals surface area contributed by atoms with E-state index < -0.39 is 5.63 Å². The van der Waals surface area contributed by atoms with Crippen molar-refractivity contribution in [1.82, 2.24) is 19.6 Å². The largest absolute Gasteiger partial charge is 0.450 e. The number of ether oxygens (including phenoxy) is 1. The van der Waals surface area contributed by atoms with E-state index in [-0.39, 0.29) is 18.5 Å². The number of para-hydroxylation sites is 1. The van der Waals surface area contributed by atoms with Gasteiger partial charge >= 0.3 is 11.7 Å². The van der Waals surface area contributed by atoms with E-state index in [4.69, 9.17) is 9.15 Å². The smallest absolute Gasteiger partial charge is 0.409 e. The highest BCUT2D eigenvalue weighted by atomic mass is 16.6. The molecule has 9 nitrogen and oxygen atoms in total. The highest BCUT2D eigenvalue weighted by Gasteiger charge is 2.25. The molecule has 1 aliphatic rings. The van der Waals surface area contributed by atoms with E-state index >= 15 is 0 Å². The van der Waals surface area contributed by atoms with Crippen LogP contribution in [0.25, 0.3) is 21.9 Å². The van der Waals surface area contributed by atoms with Crippen molar-refractivity contribution in [2.24, 2.45) is 0 Å². The minimum Gasteiger partial charge on any atom is -0.450 e. The summed E-state index contributed by atoms with van der Waals surface area (Å²) in [6, 6.07) is 7.17. The number of carbonyl (C=O) groups is 2. The molecule has 0 bridgehead atoms. The molecular formula is C19H20N4O5. The molecule has 0 spiro atoms. The van der Waals surface area contributed by atoms with E-state index in [1.807, 2.05) is 12.1 Å². The number of benzene rings is 1. The van der Waals surface area contributed by atoms with Gasteiger partial charge in [-0.3, -0.25) is 9.48 Å². The average molecular weight is 384 g/mol. The molecule has 1 aliphatic heterocycles. The molecule has 3 aromatic rings. The van der Waals surface area contributed by atoms with Gasteiger partial charge in [0.2, 0.25) is 5.91 Å². The highest BCUT2D eigenvalue weighted by molar-refractivity contribution is 6.02. The summed E-state index contributed by atoms with van der Waals surface area (Å²) in [5.41, 5.74) is 0.568. The van der Waals surface area contributed by atoms with Crippen LogP contribution < -0.4 is 5.63 Å². The summed E-state index contributed by atoms with van der Waals surface area (Å²) in [6.07, 6.45) is 1.07. The number of piperazine rings is 1. The molecule has 1 fully saturated rings. The number of hydrogen-bond acceptors (Lipinski definition) is 6. The van der Waals surface area contributed by atoms with Crippen LogP contribution in [-0.2, 0) is 16.1 Å². The molecular weight excluding hydrogens is 364 g/mol. The van der Waals surface area contributed by atoms with E-state index in [1.54, 1.807) is 28.9 Å². The van der Waals surface area contributed by atoms with Gasteiger partial charge in [-0.2, -0.15) is 5.10 Å². The Morgan fingerprint density at radius 1 is 1.11 bits per heavy atom. The van der Waals surface area contributed by atoms with Gasteiger partial charge in [0.1, 0.15) is 17.5 Å². The van der Waals surface area contributed by atoms with Gasteiger partial charge in [0, 0.05) is 31.6 Å². The molecule has 0 atom stereocenters. The molecule has 0 N–H and O–H groups in total. The SMILES string of the molecule is CCOC(=O)N1CCN(C(=O)Cn2ncc3c(=O)oc4ccccc4c32)CC1. The first kappa shape index (κ1) is 18.0. The fraction of sp³-hybridized carbons (Fsp3) is 0.368. The maximum atomic E-state index is 12.8. The maximum Gasteiger partial charge on any atom is 0.409 e. The molecule has 146 valence electrons. The minimum atomic E-state index is -0.476. The van der Waals surface area contributed by atoms with E-state index in [2.05, 4.69) is 5.10 Å². The van der Waals surface area contributed by atoms with E-state index in [9.17, 15) is 14.4 Å².